The molecule has 1 rings (SSSR count). The maximum atomic E-state index is 13.6. The number of hydrogen-bond acceptors (Lipinski definition) is 1. The van der Waals surface area contributed by atoms with Crippen LogP contribution in [0.25, 0.3) is 0 Å². The molecule has 1 N–H and O–H groups in total. The molecule has 0 fully saturated rings. The first-order valence-corrected chi connectivity index (χ1v) is 5.51. The molecule has 0 heterocycles. The minimum Gasteiger partial charge on any atom is -0.385 e. The van der Waals surface area contributed by atoms with E-state index in [1.165, 1.54) is 6.07 Å². The zero-order chi connectivity index (χ0) is 12.0. The molecule has 0 aliphatic carbocycles. The Balaban J connectivity index is 2.94. The molecule has 2 heteroatoms. The van der Waals surface area contributed by atoms with Crippen molar-refractivity contribution in [3.8, 4) is 11.8 Å². The first-order chi connectivity index (χ1) is 7.64. The molecule has 0 saturated heterocycles. The summed E-state index contributed by atoms with van der Waals surface area (Å²) in [4.78, 5) is 0. The van der Waals surface area contributed by atoms with Gasteiger partial charge >= 0.3 is 0 Å². The van der Waals surface area contributed by atoms with Crippen molar-refractivity contribution in [2.75, 3.05) is 0 Å². The molecule has 0 bridgehead atoms. The van der Waals surface area contributed by atoms with Crippen molar-refractivity contribution in [3.63, 3.8) is 0 Å². The van der Waals surface area contributed by atoms with E-state index in [0.717, 1.165) is 0 Å². The van der Waals surface area contributed by atoms with E-state index in [0.29, 0.717) is 24.8 Å². The van der Waals surface area contributed by atoms with Crippen molar-refractivity contribution in [3.05, 3.63) is 35.6 Å². The number of rotatable bonds is 4. The van der Waals surface area contributed by atoms with Gasteiger partial charge in [-0.2, -0.15) is 0 Å². The summed E-state index contributed by atoms with van der Waals surface area (Å²) in [6.07, 6.45) is 1.53. The van der Waals surface area contributed by atoms with Crippen LogP contribution in [0.15, 0.2) is 24.3 Å². The minimum atomic E-state index is -1.10. The smallest absolute Gasteiger partial charge is 0.129 e. The van der Waals surface area contributed by atoms with Crippen molar-refractivity contribution >= 4 is 0 Å². The van der Waals surface area contributed by atoms with E-state index in [1.54, 1.807) is 25.1 Å². The highest BCUT2D eigenvalue weighted by Crippen LogP contribution is 2.31. The molecule has 0 aromatic heterocycles. The maximum absolute atomic E-state index is 13.6. The average molecular weight is 220 g/mol. The Hall–Kier alpha value is -1.33. The Kier molecular flexibility index (Phi) is 4.52. The lowest BCUT2D eigenvalue weighted by molar-refractivity contribution is 0.0214. The molecule has 1 nitrogen and oxygen atoms in total. The summed E-state index contributed by atoms with van der Waals surface area (Å²) in [6, 6.07) is 6.38. The van der Waals surface area contributed by atoms with Crippen LogP contribution >= 0.6 is 0 Å². The molecule has 0 amide bonds. The molecular formula is C14H17FO. The number of hydrogen-bond donors (Lipinski definition) is 1. The van der Waals surface area contributed by atoms with E-state index in [2.05, 4.69) is 11.8 Å². The minimum absolute atomic E-state index is 0.351. The van der Waals surface area contributed by atoms with Gasteiger partial charge in [0.2, 0.25) is 0 Å². The van der Waals surface area contributed by atoms with Gasteiger partial charge in [-0.05, 0) is 25.8 Å². The second kappa shape index (κ2) is 5.67. The molecule has 16 heavy (non-hydrogen) atoms. The van der Waals surface area contributed by atoms with Crippen molar-refractivity contribution in [2.45, 2.75) is 38.7 Å². The monoisotopic (exact) mass is 220 g/mol. The van der Waals surface area contributed by atoms with E-state index in [9.17, 15) is 9.50 Å². The topological polar surface area (TPSA) is 20.2 Å². The van der Waals surface area contributed by atoms with E-state index in [-0.39, 0.29) is 5.82 Å². The summed E-state index contributed by atoms with van der Waals surface area (Å²) in [5.41, 5.74) is -0.731. The van der Waals surface area contributed by atoms with Crippen LogP contribution in [0.1, 0.15) is 38.7 Å². The zero-order valence-corrected chi connectivity index (χ0v) is 9.76. The van der Waals surface area contributed by atoms with Gasteiger partial charge in [0.25, 0.3) is 0 Å². The van der Waals surface area contributed by atoms with Gasteiger partial charge in [0, 0.05) is 12.0 Å². The summed E-state index contributed by atoms with van der Waals surface area (Å²) < 4.78 is 13.6. The molecule has 1 unspecified atom stereocenters. The highest BCUT2D eigenvalue weighted by atomic mass is 19.1. The standard InChI is InChI=1S/C14H17FO/c1-3-5-8-11-14(16,4-2)12-9-6-7-10-13(12)15/h6-7,9-10,16H,4,8,11H2,1-2H3. The van der Waals surface area contributed by atoms with Gasteiger partial charge < -0.3 is 5.11 Å². The van der Waals surface area contributed by atoms with Gasteiger partial charge in [-0.3, -0.25) is 0 Å². The Labute approximate surface area is 96.3 Å². The van der Waals surface area contributed by atoms with Gasteiger partial charge in [-0.15, -0.1) is 11.8 Å². The fraction of sp³-hybridized carbons (Fsp3) is 0.429. The summed E-state index contributed by atoms with van der Waals surface area (Å²) >= 11 is 0. The van der Waals surface area contributed by atoms with E-state index in [1.807, 2.05) is 6.92 Å². The fourth-order valence-electron chi connectivity index (χ4n) is 1.73. The predicted molar refractivity (Wildman–Crippen MR) is 63.3 cm³/mol. The molecular weight excluding hydrogens is 203 g/mol. The van der Waals surface area contributed by atoms with Crippen LogP contribution in [0.5, 0.6) is 0 Å². The summed E-state index contributed by atoms with van der Waals surface area (Å²) in [5.74, 6) is 5.32. The van der Waals surface area contributed by atoms with Crippen LogP contribution < -0.4 is 0 Å². The van der Waals surface area contributed by atoms with Crippen LogP contribution in [-0.2, 0) is 5.60 Å². The molecule has 86 valence electrons. The third kappa shape index (κ3) is 2.84. The molecule has 0 saturated carbocycles. The number of halogens is 1. The molecule has 0 spiro atoms. The van der Waals surface area contributed by atoms with Gasteiger partial charge in [-0.25, -0.2) is 4.39 Å². The van der Waals surface area contributed by atoms with Crippen LogP contribution in [0.4, 0.5) is 4.39 Å². The largest absolute Gasteiger partial charge is 0.385 e. The van der Waals surface area contributed by atoms with Crippen LogP contribution in [-0.4, -0.2) is 5.11 Å². The van der Waals surface area contributed by atoms with Crippen LogP contribution in [0.3, 0.4) is 0 Å². The Morgan fingerprint density at radius 1 is 1.38 bits per heavy atom. The quantitative estimate of drug-likeness (QED) is 0.772. The molecule has 1 atom stereocenters. The molecule has 0 aliphatic heterocycles. The van der Waals surface area contributed by atoms with Gasteiger partial charge in [0.05, 0.1) is 5.60 Å². The highest BCUT2D eigenvalue weighted by molar-refractivity contribution is 5.24. The molecule has 1 aromatic carbocycles. The SMILES string of the molecule is CC#CCCC(O)(CC)c1ccccc1F. The molecule has 0 radical (unpaired) electrons. The lowest BCUT2D eigenvalue weighted by atomic mass is 9.86. The Morgan fingerprint density at radius 2 is 2.06 bits per heavy atom. The van der Waals surface area contributed by atoms with Gasteiger partial charge in [-0.1, -0.05) is 25.1 Å². The van der Waals surface area contributed by atoms with Crippen molar-refractivity contribution in [1.82, 2.24) is 0 Å². The van der Waals surface area contributed by atoms with Crippen molar-refractivity contribution in [1.29, 1.82) is 0 Å². The van der Waals surface area contributed by atoms with Crippen molar-refractivity contribution < 1.29 is 9.50 Å². The van der Waals surface area contributed by atoms with Gasteiger partial charge in [0.15, 0.2) is 0 Å². The lowest BCUT2D eigenvalue weighted by Crippen LogP contribution is -2.25. The van der Waals surface area contributed by atoms with E-state index >= 15 is 0 Å². The van der Waals surface area contributed by atoms with Crippen LogP contribution in [0.2, 0.25) is 0 Å². The predicted octanol–water partition coefficient (Wildman–Crippen LogP) is 3.23. The highest BCUT2D eigenvalue weighted by Gasteiger charge is 2.28. The fourth-order valence-corrected chi connectivity index (χ4v) is 1.73. The maximum Gasteiger partial charge on any atom is 0.129 e. The number of benzene rings is 1. The summed E-state index contributed by atoms with van der Waals surface area (Å²) in [6.45, 7) is 3.61. The average Bonchev–Trinajstić information content (AvgIpc) is 2.30. The molecule has 0 aliphatic rings. The first-order valence-electron chi connectivity index (χ1n) is 5.51. The zero-order valence-electron chi connectivity index (χ0n) is 9.76. The third-order valence-electron chi connectivity index (χ3n) is 2.80. The van der Waals surface area contributed by atoms with Crippen molar-refractivity contribution in [2.24, 2.45) is 0 Å². The molecule has 1 aromatic rings. The Bertz CT molecular complexity index is 403. The normalized spacial score (nSPS) is 13.8. The summed E-state index contributed by atoms with van der Waals surface area (Å²) in [5, 5.41) is 10.4. The second-order valence-corrected chi connectivity index (χ2v) is 3.79. The second-order valence-electron chi connectivity index (χ2n) is 3.79. The van der Waals surface area contributed by atoms with E-state index in [4.69, 9.17) is 0 Å². The lowest BCUT2D eigenvalue weighted by Gasteiger charge is -2.27. The number of aliphatic hydroxyl groups is 1. The van der Waals surface area contributed by atoms with Gasteiger partial charge in [0.1, 0.15) is 5.82 Å². The summed E-state index contributed by atoms with van der Waals surface area (Å²) in [7, 11) is 0. The first kappa shape index (κ1) is 12.7. The van der Waals surface area contributed by atoms with E-state index < -0.39 is 5.60 Å². The Morgan fingerprint density at radius 3 is 2.62 bits per heavy atom. The third-order valence-corrected chi connectivity index (χ3v) is 2.80. The van der Waals surface area contributed by atoms with Crippen LogP contribution in [0, 0.1) is 17.7 Å².